The average Bonchev–Trinajstić information content (AvgIpc) is 2.62. The Hall–Kier alpha value is -0.613. The molecule has 146 valence electrons. The van der Waals surface area contributed by atoms with Crippen molar-refractivity contribution in [3.05, 3.63) is 12.2 Å². The summed E-state index contributed by atoms with van der Waals surface area (Å²) in [4.78, 5) is 11.3. The number of carbonyl (C=O) groups is 1. The summed E-state index contributed by atoms with van der Waals surface area (Å²) >= 11 is 0. The van der Waals surface area contributed by atoms with Crippen LogP contribution in [-0.2, 0) is 14.0 Å². The third-order valence-electron chi connectivity index (χ3n) is 5.68. The monoisotopic (exact) mass is 368 g/mol. The van der Waals surface area contributed by atoms with Crippen molar-refractivity contribution >= 4 is 14.3 Å². The Morgan fingerprint density at radius 1 is 0.960 bits per heavy atom. The Labute approximate surface area is 156 Å². The lowest BCUT2D eigenvalue weighted by Crippen LogP contribution is -2.39. The van der Waals surface area contributed by atoms with Crippen LogP contribution in [0.25, 0.3) is 0 Å². The maximum Gasteiger partial charge on any atom is 0.302 e. The first-order valence-electron chi connectivity index (χ1n) is 10.6. The van der Waals surface area contributed by atoms with E-state index in [4.69, 9.17) is 9.16 Å². The summed E-state index contributed by atoms with van der Waals surface area (Å²) in [5.74, 6) is -0.136. The second-order valence-electron chi connectivity index (χ2n) is 7.48. The predicted molar refractivity (Wildman–Crippen MR) is 108 cm³/mol. The number of allylic oxidation sites excluding steroid dienone is 1. The van der Waals surface area contributed by atoms with Gasteiger partial charge in [0.15, 0.2) is 8.32 Å². The number of esters is 1. The average molecular weight is 369 g/mol. The highest BCUT2D eigenvalue weighted by atomic mass is 28.4. The van der Waals surface area contributed by atoms with Crippen molar-refractivity contribution in [3.8, 4) is 0 Å². The van der Waals surface area contributed by atoms with Gasteiger partial charge in [-0.1, -0.05) is 45.8 Å². The molecule has 25 heavy (non-hydrogen) atoms. The smallest absolute Gasteiger partial charge is 0.302 e. The molecule has 0 aromatic heterocycles. The van der Waals surface area contributed by atoms with Gasteiger partial charge in [0, 0.05) is 6.92 Å². The van der Waals surface area contributed by atoms with Crippen molar-refractivity contribution in [3.63, 3.8) is 0 Å². The van der Waals surface area contributed by atoms with E-state index >= 15 is 0 Å². The van der Waals surface area contributed by atoms with Crippen LogP contribution >= 0.6 is 0 Å². The number of hydrogen-bond acceptors (Lipinski definition) is 3. The fraction of sp³-hybridized carbons (Fsp3) is 0.857. The maximum absolute atomic E-state index is 11.3. The highest BCUT2D eigenvalue weighted by Crippen LogP contribution is 2.26. The molecule has 0 N–H and O–H groups in total. The van der Waals surface area contributed by atoms with E-state index in [0.717, 1.165) is 38.5 Å². The zero-order chi connectivity index (χ0) is 18.5. The second-order valence-corrected chi connectivity index (χ2v) is 12.2. The number of carbonyl (C=O) groups excluding carboxylic acids is 1. The molecule has 1 aliphatic carbocycles. The molecule has 0 bridgehead atoms. The molecule has 0 saturated heterocycles. The predicted octanol–water partition coefficient (Wildman–Crippen LogP) is 6.39. The normalized spacial score (nSPS) is 25.3. The van der Waals surface area contributed by atoms with E-state index in [9.17, 15) is 4.79 Å². The minimum absolute atomic E-state index is 0.120. The SMILES string of the molecule is CC[Si](CC)(CC)OC1/C=C\CCCCC(OC(C)=O)CCCCC1. The molecule has 0 fully saturated rings. The lowest BCUT2D eigenvalue weighted by Gasteiger charge is -2.32. The molecule has 0 aromatic carbocycles. The first-order valence-corrected chi connectivity index (χ1v) is 13.1. The van der Waals surface area contributed by atoms with Gasteiger partial charge in [-0.05, 0) is 63.1 Å². The Bertz CT molecular complexity index is 382. The van der Waals surface area contributed by atoms with Gasteiger partial charge >= 0.3 is 5.97 Å². The Morgan fingerprint density at radius 3 is 2.16 bits per heavy atom. The maximum atomic E-state index is 11.3. The molecule has 0 amide bonds. The molecule has 3 nitrogen and oxygen atoms in total. The van der Waals surface area contributed by atoms with E-state index < -0.39 is 8.32 Å². The summed E-state index contributed by atoms with van der Waals surface area (Å²) in [7, 11) is -1.54. The second kappa shape index (κ2) is 12.7. The van der Waals surface area contributed by atoms with Gasteiger partial charge in [0.25, 0.3) is 0 Å². The van der Waals surface area contributed by atoms with Crippen LogP contribution in [0.4, 0.5) is 0 Å². The van der Waals surface area contributed by atoms with Crippen LogP contribution in [0.5, 0.6) is 0 Å². The van der Waals surface area contributed by atoms with Crippen LogP contribution in [-0.4, -0.2) is 26.5 Å². The minimum Gasteiger partial charge on any atom is -0.463 e. The molecular formula is C21H40O3Si. The van der Waals surface area contributed by atoms with Crippen LogP contribution in [0.1, 0.15) is 85.5 Å². The number of ether oxygens (including phenoxy) is 1. The van der Waals surface area contributed by atoms with Gasteiger partial charge in [-0.15, -0.1) is 0 Å². The van der Waals surface area contributed by atoms with Crippen LogP contribution in [0.15, 0.2) is 12.2 Å². The summed E-state index contributed by atoms with van der Waals surface area (Å²) in [6.45, 7) is 8.43. The van der Waals surface area contributed by atoms with Crippen molar-refractivity contribution < 1.29 is 14.0 Å². The van der Waals surface area contributed by atoms with Crippen LogP contribution < -0.4 is 0 Å². The Kier molecular flexibility index (Phi) is 11.4. The van der Waals surface area contributed by atoms with E-state index in [1.54, 1.807) is 0 Å². The first kappa shape index (κ1) is 22.4. The molecule has 1 aliphatic rings. The van der Waals surface area contributed by atoms with Crippen molar-refractivity contribution in [2.45, 2.75) is 116 Å². The fourth-order valence-electron chi connectivity index (χ4n) is 3.79. The topological polar surface area (TPSA) is 35.5 Å². The van der Waals surface area contributed by atoms with Crippen molar-refractivity contribution in [1.29, 1.82) is 0 Å². The van der Waals surface area contributed by atoms with Gasteiger partial charge in [0.1, 0.15) is 6.10 Å². The minimum atomic E-state index is -1.54. The van der Waals surface area contributed by atoms with E-state index in [0.29, 0.717) is 6.10 Å². The number of hydrogen-bond donors (Lipinski definition) is 0. The summed E-state index contributed by atoms with van der Waals surface area (Å²) in [6, 6.07) is 3.65. The molecule has 0 radical (unpaired) electrons. The van der Waals surface area contributed by atoms with Crippen LogP contribution in [0.3, 0.4) is 0 Å². The lowest BCUT2D eigenvalue weighted by molar-refractivity contribution is -0.147. The molecule has 4 heteroatoms. The third-order valence-corrected chi connectivity index (χ3v) is 10.3. The quantitative estimate of drug-likeness (QED) is 0.309. The first-order chi connectivity index (χ1) is 12.0. The Morgan fingerprint density at radius 2 is 1.56 bits per heavy atom. The molecule has 0 aromatic rings. The van der Waals surface area contributed by atoms with Crippen molar-refractivity contribution in [2.75, 3.05) is 0 Å². The standard InChI is InChI=1S/C21H40O3Si/c1-5-25(6-2,7-3)24-21-17-12-9-8-11-15-20(23-19(4)22)16-13-10-14-18-21/h12,17,20-21H,5-11,13-16,18H2,1-4H3/b17-12-. The van der Waals surface area contributed by atoms with Crippen molar-refractivity contribution in [1.82, 2.24) is 0 Å². The van der Waals surface area contributed by atoms with E-state index in [1.165, 1.54) is 44.3 Å². The molecule has 1 rings (SSSR count). The largest absolute Gasteiger partial charge is 0.463 e. The molecular weight excluding hydrogens is 328 g/mol. The summed E-state index contributed by atoms with van der Waals surface area (Å²) in [5.41, 5.74) is 0. The molecule has 0 heterocycles. The van der Waals surface area contributed by atoms with Gasteiger partial charge < -0.3 is 9.16 Å². The van der Waals surface area contributed by atoms with Gasteiger partial charge in [-0.2, -0.15) is 0 Å². The highest BCUT2D eigenvalue weighted by Gasteiger charge is 2.31. The van der Waals surface area contributed by atoms with Gasteiger partial charge in [0.05, 0.1) is 6.10 Å². The molecule has 0 saturated carbocycles. The molecule has 0 aliphatic heterocycles. The van der Waals surface area contributed by atoms with Crippen LogP contribution in [0.2, 0.25) is 18.1 Å². The van der Waals surface area contributed by atoms with Gasteiger partial charge in [-0.25, -0.2) is 0 Å². The van der Waals surface area contributed by atoms with Crippen molar-refractivity contribution in [2.24, 2.45) is 0 Å². The zero-order valence-electron chi connectivity index (χ0n) is 17.0. The van der Waals surface area contributed by atoms with E-state index in [1.807, 2.05) is 0 Å². The molecule has 2 unspecified atom stereocenters. The van der Waals surface area contributed by atoms with Crippen LogP contribution in [0, 0.1) is 0 Å². The number of rotatable bonds is 6. The molecule has 2 atom stereocenters. The summed E-state index contributed by atoms with van der Waals surface area (Å²) in [6.07, 6.45) is 15.2. The van der Waals surface area contributed by atoms with Gasteiger partial charge in [0.2, 0.25) is 0 Å². The Balaban J connectivity index is 2.60. The van der Waals surface area contributed by atoms with E-state index in [-0.39, 0.29) is 12.1 Å². The fourth-order valence-corrected chi connectivity index (χ4v) is 6.63. The van der Waals surface area contributed by atoms with E-state index in [2.05, 4.69) is 32.9 Å². The molecule has 0 spiro atoms. The third kappa shape index (κ3) is 9.05. The lowest BCUT2D eigenvalue weighted by atomic mass is 10.0. The zero-order valence-corrected chi connectivity index (χ0v) is 18.0. The highest BCUT2D eigenvalue weighted by molar-refractivity contribution is 6.73. The summed E-state index contributed by atoms with van der Waals surface area (Å²) < 4.78 is 12.2. The van der Waals surface area contributed by atoms with Gasteiger partial charge in [-0.3, -0.25) is 4.79 Å². The summed E-state index contributed by atoms with van der Waals surface area (Å²) in [5, 5.41) is 0.